The summed E-state index contributed by atoms with van der Waals surface area (Å²) in [5, 5.41) is 10.2. The molecule has 2 aromatic rings. The number of aliphatic carboxylic acids is 1. The van der Waals surface area contributed by atoms with Gasteiger partial charge in [0.25, 0.3) is 0 Å². The van der Waals surface area contributed by atoms with Crippen molar-refractivity contribution in [1.29, 1.82) is 0 Å². The first kappa shape index (κ1) is 22.0. The summed E-state index contributed by atoms with van der Waals surface area (Å²) in [7, 11) is 1.57. The predicted molar refractivity (Wildman–Crippen MR) is 115 cm³/mol. The van der Waals surface area contributed by atoms with Crippen LogP contribution in [0.25, 0.3) is 0 Å². The molecule has 0 spiro atoms. The zero-order valence-corrected chi connectivity index (χ0v) is 18.2. The standard InChI is InChI=1S/C24H27NO7/c1-3-30-12-4-11-25-22(15-5-8-17(29-2)9-6-15)21(24(27)28)20(23(25)26)16-7-10-18-19(13-16)32-14-31-18/h5-10,13,20-22H,3-4,11-12,14H2,1-2H3,(H,27,28)/t20?,21-,22?/m1/s1. The summed E-state index contributed by atoms with van der Waals surface area (Å²) < 4.78 is 21.5. The number of carbonyl (C=O) groups excluding carboxylic acids is 1. The smallest absolute Gasteiger partial charge is 0.310 e. The molecule has 0 bridgehead atoms. The highest BCUT2D eigenvalue weighted by Crippen LogP contribution is 2.48. The number of methoxy groups -OCH3 is 1. The molecule has 0 aliphatic carbocycles. The van der Waals surface area contributed by atoms with Gasteiger partial charge in [-0.1, -0.05) is 18.2 Å². The number of rotatable bonds is 9. The average Bonchev–Trinajstić information content (AvgIpc) is 3.38. The molecular weight excluding hydrogens is 414 g/mol. The fourth-order valence-corrected chi connectivity index (χ4v) is 4.50. The highest BCUT2D eigenvalue weighted by atomic mass is 16.7. The van der Waals surface area contributed by atoms with E-state index in [2.05, 4.69) is 0 Å². The van der Waals surface area contributed by atoms with Crippen molar-refractivity contribution < 1.29 is 33.6 Å². The Bertz CT molecular complexity index is 975. The van der Waals surface area contributed by atoms with Gasteiger partial charge in [-0.2, -0.15) is 0 Å². The van der Waals surface area contributed by atoms with E-state index in [4.69, 9.17) is 18.9 Å². The molecule has 4 rings (SSSR count). The van der Waals surface area contributed by atoms with E-state index in [1.807, 2.05) is 19.1 Å². The minimum absolute atomic E-state index is 0.109. The molecule has 2 aliphatic rings. The topological polar surface area (TPSA) is 94.5 Å². The molecule has 0 saturated carbocycles. The lowest BCUT2D eigenvalue weighted by atomic mass is 9.82. The molecule has 1 saturated heterocycles. The molecule has 32 heavy (non-hydrogen) atoms. The summed E-state index contributed by atoms with van der Waals surface area (Å²) in [4.78, 5) is 27.8. The van der Waals surface area contributed by atoms with Crippen LogP contribution in [-0.4, -0.2) is 55.5 Å². The summed E-state index contributed by atoms with van der Waals surface area (Å²) in [6.45, 7) is 3.52. The highest BCUT2D eigenvalue weighted by Gasteiger charge is 2.52. The number of benzene rings is 2. The molecule has 8 heteroatoms. The van der Waals surface area contributed by atoms with Gasteiger partial charge in [-0.3, -0.25) is 9.59 Å². The van der Waals surface area contributed by atoms with Crippen LogP contribution in [0.1, 0.15) is 36.4 Å². The maximum Gasteiger partial charge on any atom is 0.310 e. The molecule has 2 aromatic carbocycles. The van der Waals surface area contributed by atoms with Crippen LogP contribution in [0.4, 0.5) is 0 Å². The lowest BCUT2D eigenvalue weighted by molar-refractivity contribution is -0.143. The highest BCUT2D eigenvalue weighted by molar-refractivity contribution is 5.94. The molecule has 1 N–H and O–H groups in total. The first-order chi connectivity index (χ1) is 15.5. The third-order valence-corrected chi connectivity index (χ3v) is 5.97. The Labute approximate surface area is 186 Å². The molecule has 2 unspecified atom stereocenters. The van der Waals surface area contributed by atoms with Crippen molar-refractivity contribution in [3.05, 3.63) is 53.6 Å². The Kier molecular flexibility index (Phi) is 6.50. The number of hydrogen-bond acceptors (Lipinski definition) is 6. The number of ether oxygens (including phenoxy) is 4. The van der Waals surface area contributed by atoms with E-state index in [1.54, 1.807) is 42.3 Å². The van der Waals surface area contributed by atoms with Crippen LogP contribution in [0.3, 0.4) is 0 Å². The fourth-order valence-electron chi connectivity index (χ4n) is 4.50. The number of amides is 1. The molecule has 8 nitrogen and oxygen atoms in total. The maximum absolute atomic E-state index is 13.6. The number of carboxylic acids is 1. The van der Waals surface area contributed by atoms with Gasteiger partial charge in [0, 0.05) is 19.8 Å². The zero-order valence-electron chi connectivity index (χ0n) is 18.2. The van der Waals surface area contributed by atoms with Crippen LogP contribution in [0, 0.1) is 5.92 Å². The van der Waals surface area contributed by atoms with Crippen LogP contribution in [-0.2, 0) is 14.3 Å². The Morgan fingerprint density at radius 1 is 1.12 bits per heavy atom. The van der Waals surface area contributed by atoms with Crippen LogP contribution >= 0.6 is 0 Å². The maximum atomic E-state index is 13.6. The molecule has 170 valence electrons. The Morgan fingerprint density at radius 2 is 1.84 bits per heavy atom. The number of hydrogen-bond donors (Lipinski definition) is 1. The van der Waals surface area contributed by atoms with Crippen molar-refractivity contribution in [3.8, 4) is 17.2 Å². The van der Waals surface area contributed by atoms with Crippen LogP contribution in [0.2, 0.25) is 0 Å². The third-order valence-electron chi connectivity index (χ3n) is 5.97. The van der Waals surface area contributed by atoms with Gasteiger partial charge in [-0.05, 0) is 48.7 Å². The minimum Gasteiger partial charge on any atom is -0.497 e. The molecule has 1 fully saturated rings. The van der Waals surface area contributed by atoms with Gasteiger partial charge < -0.3 is 29.0 Å². The molecular formula is C24H27NO7. The van der Waals surface area contributed by atoms with Gasteiger partial charge >= 0.3 is 5.97 Å². The van der Waals surface area contributed by atoms with Gasteiger partial charge in [0.15, 0.2) is 11.5 Å². The zero-order chi connectivity index (χ0) is 22.7. The van der Waals surface area contributed by atoms with Gasteiger partial charge in [0.1, 0.15) is 5.75 Å². The number of nitrogens with zero attached hydrogens (tertiary/aromatic N) is 1. The van der Waals surface area contributed by atoms with E-state index >= 15 is 0 Å². The van der Waals surface area contributed by atoms with Crippen molar-refractivity contribution in [1.82, 2.24) is 4.90 Å². The third kappa shape index (κ3) is 4.10. The van der Waals surface area contributed by atoms with Gasteiger partial charge in [-0.25, -0.2) is 0 Å². The van der Waals surface area contributed by atoms with Crippen molar-refractivity contribution in [3.63, 3.8) is 0 Å². The van der Waals surface area contributed by atoms with E-state index in [0.29, 0.717) is 49.0 Å². The van der Waals surface area contributed by atoms with E-state index in [9.17, 15) is 14.7 Å². The summed E-state index contributed by atoms with van der Waals surface area (Å²) >= 11 is 0. The number of likely N-dealkylation sites (tertiary alicyclic amines) is 1. The predicted octanol–water partition coefficient (Wildman–Crippen LogP) is 3.22. The fraction of sp³-hybridized carbons (Fsp3) is 0.417. The summed E-state index contributed by atoms with van der Waals surface area (Å²) in [6, 6.07) is 11.8. The van der Waals surface area contributed by atoms with Gasteiger partial charge in [0.2, 0.25) is 12.7 Å². The second kappa shape index (κ2) is 9.48. The van der Waals surface area contributed by atoms with E-state index in [1.165, 1.54) is 0 Å². The Hall–Kier alpha value is -3.26. The summed E-state index contributed by atoms with van der Waals surface area (Å²) in [5.41, 5.74) is 1.36. The normalized spacial score (nSPS) is 21.8. The second-order valence-corrected chi connectivity index (χ2v) is 7.75. The van der Waals surface area contributed by atoms with E-state index in [0.717, 1.165) is 5.56 Å². The van der Waals surface area contributed by atoms with Gasteiger partial charge in [0.05, 0.1) is 25.0 Å². The second-order valence-electron chi connectivity index (χ2n) is 7.75. The van der Waals surface area contributed by atoms with Crippen molar-refractivity contribution in [2.75, 3.05) is 33.7 Å². The van der Waals surface area contributed by atoms with Crippen LogP contribution < -0.4 is 14.2 Å². The monoisotopic (exact) mass is 441 g/mol. The van der Waals surface area contributed by atoms with Gasteiger partial charge in [-0.15, -0.1) is 0 Å². The number of carboxylic acid groups (broad SMARTS) is 1. The number of carbonyl (C=O) groups is 2. The first-order valence-electron chi connectivity index (χ1n) is 10.7. The quantitative estimate of drug-likeness (QED) is 0.597. The summed E-state index contributed by atoms with van der Waals surface area (Å²) in [6.07, 6.45) is 0.617. The molecule has 0 aromatic heterocycles. The van der Waals surface area contributed by atoms with E-state index in [-0.39, 0.29) is 12.7 Å². The van der Waals surface area contributed by atoms with Crippen LogP contribution in [0.5, 0.6) is 17.2 Å². The molecule has 3 atom stereocenters. The first-order valence-corrected chi connectivity index (χ1v) is 10.7. The SMILES string of the molecule is CCOCCCN1C(=O)C(c2ccc3c(c2)OCO3)[C@@H](C(=O)O)C1c1ccc(OC)cc1. The number of fused-ring (bicyclic) bond motifs is 1. The van der Waals surface area contributed by atoms with Crippen LogP contribution in [0.15, 0.2) is 42.5 Å². The average molecular weight is 441 g/mol. The van der Waals surface area contributed by atoms with E-state index < -0.39 is 23.8 Å². The molecule has 1 amide bonds. The molecule has 2 heterocycles. The van der Waals surface area contributed by atoms with Crippen molar-refractivity contribution in [2.24, 2.45) is 5.92 Å². The Morgan fingerprint density at radius 3 is 2.53 bits per heavy atom. The minimum atomic E-state index is -1.02. The lowest BCUT2D eigenvalue weighted by Gasteiger charge is -2.27. The lowest BCUT2D eigenvalue weighted by Crippen LogP contribution is -2.32. The van der Waals surface area contributed by atoms with Crippen molar-refractivity contribution >= 4 is 11.9 Å². The van der Waals surface area contributed by atoms with Crippen molar-refractivity contribution in [2.45, 2.75) is 25.3 Å². The molecule has 2 aliphatic heterocycles. The Balaban J connectivity index is 1.72. The summed E-state index contributed by atoms with van der Waals surface area (Å²) in [5.74, 6) is -1.24. The molecule has 0 radical (unpaired) electrons. The largest absolute Gasteiger partial charge is 0.497 e.